The lowest BCUT2D eigenvalue weighted by atomic mass is 10.1. The van der Waals surface area contributed by atoms with Crippen LogP contribution in [0.1, 0.15) is 32.3 Å². The van der Waals surface area contributed by atoms with E-state index in [1.165, 1.54) is 17.0 Å². The highest BCUT2D eigenvalue weighted by atomic mass is 35.5. The molecule has 3 aromatic carbocycles. The fraction of sp³-hybridized carbons (Fsp3) is 0.310. The smallest absolute Gasteiger partial charge is 0.264 e. The third kappa shape index (κ3) is 7.52. The number of amides is 2. The van der Waals surface area contributed by atoms with E-state index in [2.05, 4.69) is 5.32 Å². The van der Waals surface area contributed by atoms with Crippen molar-refractivity contribution < 1.29 is 22.7 Å². The maximum Gasteiger partial charge on any atom is 0.264 e. The summed E-state index contributed by atoms with van der Waals surface area (Å²) in [6.45, 7) is 3.74. The minimum absolute atomic E-state index is 0.0183. The van der Waals surface area contributed by atoms with Gasteiger partial charge in [-0.3, -0.25) is 13.9 Å². The number of rotatable bonds is 13. The molecule has 0 bridgehead atoms. The minimum atomic E-state index is -4.17. The molecule has 1 atom stereocenters. The number of carbonyl (C=O) groups is 2. The fourth-order valence-corrected chi connectivity index (χ4v) is 5.88. The van der Waals surface area contributed by atoms with E-state index >= 15 is 0 Å². The summed E-state index contributed by atoms with van der Waals surface area (Å²) in [6, 6.07) is 20.7. The molecule has 39 heavy (non-hydrogen) atoms. The van der Waals surface area contributed by atoms with Crippen LogP contribution in [-0.4, -0.2) is 51.4 Å². The van der Waals surface area contributed by atoms with Gasteiger partial charge in [-0.1, -0.05) is 67.9 Å². The number of sulfonamides is 1. The first-order valence-corrected chi connectivity index (χ1v) is 14.6. The van der Waals surface area contributed by atoms with Crippen molar-refractivity contribution >= 4 is 39.1 Å². The zero-order chi connectivity index (χ0) is 28.4. The predicted octanol–water partition coefficient (Wildman–Crippen LogP) is 4.88. The number of benzene rings is 3. The topological polar surface area (TPSA) is 96.0 Å². The largest absolute Gasteiger partial charge is 0.497 e. The van der Waals surface area contributed by atoms with Gasteiger partial charge in [0, 0.05) is 13.1 Å². The molecule has 0 spiro atoms. The second-order valence-corrected chi connectivity index (χ2v) is 11.1. The van der Waals surface area contributed by atoms with Crippen molar-refractivity contribution in [3.63, 3.8) is 0 Å². The standard InChI is InChI=1S/C29H34ClN3O5S/c1-4-18-31-29(35)26(5-2)32(20-22-12-11-13-23(19-22)38-3)28(34)21-33(27-17-10-9-16-25(27)30)39(36,37)24-14-7-6-8-15-24/h6-17,19,26H,4-5,18,20-21H2,1-3H3,(H,31,35)/t26-/m0/s1. The Morgan fingerprint density at radius 2 is 1.67 bits per heavy atom. The van der Waals surface area contributed by atoms with Crippen LogP contribution in [0.5, 0.6) is 5.75 Å². The molecule has 0 saturated carbocycles. The first-order valence-electron chi connectivity index (χ1n) is 12.7. The Morgan fingerprint density at radius 3 is 2.31 bits per heavy atom. The molecule has 8 nitrogen and oxygen atoms in total. The molecule has 0 heterocycles. The van der Waals surface area contributed by atoms with Crippen molar-refractivity contribution in [2.24, 2.45) is 0 Å². The van der Waals surface area contributed by atoms with Gasteiger partial charge in [0.15, 0.2) is 0 Å². The number of anilines is 1. The Kier molecular flexibility index (Phi) is 10.8. The zero-order valence-corrected chi connectivity index (χ0v) is 23.9. The Balaban J connectivity index is 2.06. The molecule has 0 fully saturated rings. The Labute approximate surface area is 235 Å². The van der Waals surface area contributed by atoms with Crippen LogP contribution in [0.3, 0.4) is 0 Å². The van der Waals surface area contributed by atoms with Gasteiger partial charge < -0.3 is 15.0 Å². The van der Waals surface area contributed by atoms with E-state index < -0.39 is 28.5 Å². The third-order valence-corrected chi connectivity index (χ3v) is 8.25. The molecule has 0 aliphatic rings. The number of hydrogen-bond acceptors (Lipinski definition) is 5. The highest BCUT2D eigenvalue weighted by molar-refractivity contribution is 7.92. The molecule has 2 amide bonds. The number of carbonyl (C=O) groups excluding carboxylic acids is 2. The van der Waals surface area contributed by atoms with Gasteiger partial charge in [0.2, 0.25) is 11.8 Å². The van der Waals surface area contributed by atoms with Gasteiger partial charge in [0.25, 0.3) is 10.0 Å². The van der Waals surface area contributed by atoms with Gasteiger partial charge in [-0.15, -0.1) is 0 Å². The summed E-state index contributed by atoms with van der Waals surface area (Å²) in [5, 5.41) is 3.04. The maximum absolute atomic E-state index is 14.0. The van der Waals surface area contributed by atoms with Crippen molar-refractivity contribution in [3.8, 4) is 5.75 Å². The van der Waals surface area contributed by atoms with Gasteiger partial charge in [-0.2, -0.15) is 0 Å². The second-order valence-electron chi connectivity index (χ2n) is 8.86. The van der Waals surface area contributed by atoms with Crippen LogP contribution in [-0.2, 0) is 26.2 Å². The van der Waals surface area contributed by atoms with Gasteiger partial charge >= 0.3 is 0 Å². The summed E-state index contributed by atoms with van der Waals surface area (Å²) in [7, 11) is -2.63. The van der Waals surface area contributed by atoms with Crippen LogP contribution in [0.25, 0.3) is 0 Å². The van der Waals surface area contributed by atoms with E-state index in [0.29, 0.717) is 18.7 Å². The van der Waals surface area contributed by atoms with E-state index in [9.17, 15) is 18.0 Å². The molecule has 0 radical (unpaired) electrons. The van der Waals surface area contributed by atoms with Crippen LogP contribution < -0.4 is 14.4 Å². The summed E-state index contributed by atoms with van der Waals surface area (Å²) in [5.74, 6) is -0.241. The number of nitrogens with zero attached hydrogens (tertiary/aromatic N) is 2. The summed E-state index contributed by atoms with van der Waals surface area (Å²) in [6.07, 6.45) is 1.07. The van der Waals surface area contributed by atoms with Crippen molar-refractivity contribution in [3.05, 3.63) is 89.4 Å². The van der Waals surface area contributed by atoms with Crippen molar-refractivity contribution in [1.29, 1.82) is 0 Å². The van der Waals surface area contributed by atoms with Gasteiger partial charge in [-0.25, -0.2) is 8.42 Å². The summed E-state index contributed by atoms with van der Waals surface area (Å²) < 4.78 is 33.9. The number of hydrogen-bond donors (Lipinski definition) is 1. The molecule has 0 unspecified atom stereocenters. The van der Waals surface area contributed by atoms with Gasteiger partial charge in [-0.05, 0) is 54.8 Å². The van der Waals surface area contributed by atoms with E-state index in [1.807, 2.05) is 19.9 Å². The monoisotopic (exact) mass is 571 g/mol. The van der Waals surface area contributed by atoms with Crippen molar-refractivity contribution in [2.45, 2.75) is 44.2 Å². The second kappa shape index (κ2) is 14.0. The van der Waals surface area contributed by atoms with E-state index in [1.54, 1.807) is 67.8 Å². The molecule has 0 aromatic heterocycles. The van der Waals surface area contributed by atoms with Crippen LogP contribution in [0, 0.1) is 0 Å². The number of methoxy groups -OCH3 is 1. The van der Waals surface area contributed by atoms with E-state index in [0.717, 1.165) is 16.3 Å². The summed E-state index contributed by atoms with van der Waals surface area (Å²) >= 11 is 6.43. The van der Waals surface area contributed by atoms with Crippen LogP contribution >= 0.6 is 11.6 Å². The van der Waals surface area contributed by atoms with Gasteiger partial charge in [0.05, 0.1) is 22.7 Å². The Hall–Kier alpha value is -3.56. The lowest BCUT2D eigenvalue weighted by molar-refractivity contribution is -0.140. The van der Waals surface area contributed by atoms with Crippen LogP contribution in [0.4, 0.5) is 5.69 Å². The Bertz CT molecular complexity index is 1370. The lowest BCUT2D eigenvalue weighted by Crippen LogP contribution is -2.52. The zero-order valence-electron chi connectivity index (χ0n) is 22.3. The number of nitrogens with one attached hydrogen (secondary N) is 1. The normalized spacial score (nSPS) is 11.9. The average molecular weight is 572 g/mol. The van der Waals surface area contributed by atoms with E-state index in [4.69, 9.17) is 16.3 Å². The van der Waals surface area contributed by atoms with Crippen molar-refractivity contribution in [1.82, 2.24) is 10.2 Å². The van der Waals surface area contributed by atoms with Crippen LogP contribution in [0.2, 0.25) is 5.02 Å². The van der Waals surface area contributed by atoms with Crippen molar-refractivity contribution in [2.75, 3.05) is 24.5 Å². The fourth-order valence-electron chi connectivity index (χ4n) is 4.14. The molecule has 10 heteroatoms. The summed E-state index contributed by atoms with van der Waals surface area (Å²) in [4.78, 5) is 28.6. The van der Waals surface area contributed by atoms with E-state index in [-0.39, 0.29) is 28.1 Å². The maximum atomic E-state index is 14.0. The Morgan fingerprint density at radius 1 is 0.974 bits per heavy atom. The molecule has 0 saturated heterocycles. The average Bonchev–Trinajstić information content (AvgIpc) is 2.95. The lowest BCUT2D eigenvalue weighted by Gasteiger charge is -2.33. The highest BCUT2D eigenvalue weighted by Gasteiger charge is 2.34. The molecular weight excluding hydrogens is 538 g/mol. The predicted molar refractivity (Wildman–Crippen MR) is 153 cm³/mol. The molecule has 0 aliphatic carbocycles. The SMILES string of the molecule is CCCNC(=O)[C@H](CC)N(Cc1cccc(OC)c1)C(=O)CN(c1ccccc1Cl)S(=O)(=O)c1ccccc1. The summed E-state index contributed by atoms with van der Waals surface area (Å²) in [5.41, 5.74) is 0.904. The van der Waals surface area contributed by atoms with Gasteiger partial charge in [0.1, 0.15) is 18.3 Å². The molecular formula is C29H34ClN3O5S. The highest BCUT2D eigenvalue weighted by Crippen LogP contribution is 2.31. The first kappa shape index (κ1) is 30.0. The number of para-hydroxylation sites is 1. The third-order valence-electron chi connectivity index (χ3n) is 6.15. The molecule has 1 N–H and O–H groups in total. The molecule has 208 valence electrons. The number of halogens is 1. The molecule has 3 aromatic rings. The quantitative estimate of drug-likeness (QED) is 0.315. The molecule has 0 aliphatic heterocycles. The number of ether oxygens (including phenoxy) is 1. The molecule has 3 rings (SSSR count). The first-order chi connectivity index (χ1) is 18.7. The minimum Gasteiger partial charge on any atom is -0.497 e. The van der Waals surface area contributed by atoms with Crippen LogP contribution in [0.15, 0.2) is 83.8 Å².